The average Bonchev–Trinajstić information content (AvgIpc) is 3.43. The molecule has 0 aliphatic carbocycles. The van der Waals surface area contributed by atoms with Crippen LogP contribution in [0.1, 0.15) is 25.2 Å². The van der Waals surface area contributed by atoms with E-state index in [2.05, 4.69) is 30.6 Å². The highest BCUT2D eigenvalue weighted by Crippen LogP contribution is 2.25. The minimum absolute atomic E-state index is 0.0580. The first-order valence-electron chi connectivity index (χ1n) is 10.2. The van der Waals surface area contributed by atoms with E-state index in [1.165, 1.54) is 25.4 Å². The van der Waals surface area contributed by atoms with Crippen molar-refractivity contribution in [3.05, 3.63) is 23.0 Å². The van der Waals surface area contributed by atoms with Crippen LogP contribution in [-0.4, -0.2) is 89.9 Å². The number of carboxylic acid groups (broad SMARTS) is 1. The number of nitrogens with two attached hydrogens (primary N) is 2. The summed E-state index contributed by atoms with van der Waals surface area (Å²) in [7, 11) is -4.99. The van der Waals surface area contributed by atoms with E-state index in [0.29, 0.717) is 5.69 Å². The number of thiazole rings is 1. The van der Waals surface area contributed by atoms with Crippen LogP contribution in [0.25, 0.3) is 0 Å². The summed E-state index contributed by atoms with van der Waals surface area (Å²) in [5.74, 6) is -3.59. The number of hydrogen-bond donors (Lipinski definition) is 5. The number of aliphatic imine (C=N–C) groups is 1. The van der Waals surface area contributed by atoms with Crippen LogP contribution in [-0.2, 0) is 42.6 Å². The van der Waals surface area contributed by atoms with Gasteiger partial charge in [-0.05, 0) is 13.8 Å². The number of carboxylic acids is 1. The van der Waals surface area contributed by atoms with Gasteiger partial charge in [0, 0.05) is 5.38 Å². The quantitative estimate of drug-likeness (QED) is 0.0632. The van der Waals surface area contributed by atoms with Crippen LogP contribution in [0.5, 0.6) is 0 Å². The lowest BCUT2D eigenvalue weighted by atomic mass is 9.98. The largest absolute Gasteiger partial charge is 0.478 e. The van der Waals surface area contributed by atoms with Crippen molar-refractivity contribution in [1.29, 1.82) is 0 Å². The number of aromatic nitrogens is 4. The fourth-order valence-corrected chi connectivity index (χ4v) is 4.38. The minimum atomic E-state index is -4.99. The molecule has 37 heavy (non-hydrogen) atoms. The van der Waals surface area contributed by atoms with Gasteiger partial charge < -0.3 is 26.7 Å². The summed E-state index contributed by atoms with van der Waals surface area (Å²) in [6.45, 7) is 2.11. The van der Waals surface area contributed by atoms with Crippen molar-refractivity contribution in [1.82, 2.24) is 29.6 Å². The molecule has 2 atom stereocenters. The van der Waals surface area contributed by atoms with E-state index in [-0.39, 0.29) is 28.2 Å². The molecule has 7 N–H and O–H groups in total. The smallest absolute Gasteiger partial charge is 0.362 e. The van der Waals surface area contributed by atoms with Crippen molar-refractivity contribution in [2.45, 2.75) is 44.6 Å². The molecular weight excluding hydrogens is 536 g/mol. The molecular formula is C17H22N10O8S2. The van der Waals surface area contributed by atoms with E-state index in [9.17, 15) is 32.5 Å². The Morgan fingerprint density at radius 1 is 1.41 bits per heavy atom. The fraction of sp³-hybridized carbons (Fsp3) is 0.412. The van der Waals surface area contributed by atoms with Crippen molar-refractivity contribution in [2.75, 3.05) is 5.73 Å². The SMILES string of the molecule is CC(C)(O/N=C(\C(=O)NC1C(=O)N(S(=O)(=O)O)[C@H]1Cn1ncc(CN=CN)n1)c1csc(N)n1)C(=O)O. The third kappa shape index (κ3) is 6.16. The molecule has 1 fully saturated rings. The van der Waals surface area contributed by atoms with Gasteiger partial charge >= 0.3 is 16.3 Å². The number of anilines is 1. The van der Waals surface area contributed by atoms with Gasteiger partial charge in [0.1, 0.15) is 23.5 Å². The molecule has 200 valence electrons. The van der Waals surface area contributed by atoms with Crippen LogP contribution in [0.2, 0.25) is 0 Å². The van der Waals surface area contributed by atoms with Gasteiger partial charge in [-0.2, -0.15) is 23.4 Å². The van der Waals surface area contributed by atoms with E-state index in [1.807, 2.05) is 0 Å². The number of aliphatic carboxylic acids is 1. The molecule has 20 heteroatoms. The Morgan fingerprint density at radius 2 is 2.11 bits per heavy atom. The zero-order chi connectivity index (χ0) is 27.5. The Kier molecular flexibility index (Phi) is 7.74. The van der Waals surface area contributed by atoms with E-state index < -0.39 is 51.5 Å². The number of nitrogen functional groups attached to an aromatic ring is 1. The summed E-state index contributed by atoms with van der Waals surface area (Å²) in [6.07, 6.45) is 2.39. The summed E-state index contributed by atoms with van der Waals surface area (Å²) in [4.78, 5) is 50.7. The predicted octanol–water partition coefficient (Wildman–Crippen LogP) is -2.41. The molecule has 0 saturated carbocycles. The second-order valence-corrected chi connectivity index (χ2v) is 10.1. The van der Waals surface area contributed by atoms with Gasteiger partial charge in [-0.3, -0.25) is 19.1 Å². The number of oxime groups is 1. The molecule has 1 saturated heterocycles. The predicted molar refractivity (Wildman–Crippen MR) is 126 cm³/mol. The molecule has 2 aromatic rings. The van der Waals surface area contributed by atoms with Crippen LogP contribution in [0.15, 0.2) is 21.7 Å². The van der Waals surface area contributed by atoms with Gasteiger partial charge in [-0.1, -0.05) is 5.16 Å². The Morgan fingerprint density at radius 3 is 2.68 bits per heavy atom. The van der Waals surface area contributed by atoms with Crippen molar-refractivity contribution < 1.29 is 37.3 Å². The van der Waals surface area contributed by atoms with Gasteiger partial charge in [-0.15, -0.1) is 11.3 Å². The molecule has 2 amide bonds. The summed E-state index contributed by atoms with van der Waals surface area (Å²) in [6, 6.07) is -2.80. The maximum Gasteiger partial charge on any atom is 0.362 e. The van der Waals surface area contributed by atoms with Crippen LogP contribution in [0.3, 0.4) is 0 Å². The molecule has 0 aromatic carbocycles. The molecule has 0 bridgehead atoms. The molecule has 18 nitrogen and oxygen atoms in total. The number of rotatable bonds is 11. The van der Waals surface area contributed by atoms with Gasteiger partial charge in [-0.25, -0.2) is 14.1 Å². The van der Waals surface area contributed by atoms with Crippen molar-refractivity contribution >= 4 is 56.6 Å². The maximum absolute atomic E-state index is 13.1. The van der Waals surface area contributed by atoms with Crippen molar-refractivity contribution in [2.24, 2.45) is 15.9 Å². The third-order valence-corrected chi connectivity index (χ3v) is 6.48. The fourth-order valence-electron chi connectivity index (χ4n) is 2.96. The van der Waals surface area contributed by atoms with Gasteiger partial charge in [0.15, 0.2) is 10.8 Å². The summed E-state index contributed by atoms with van der Waals surface area (Å²) in [5.41, 5.74) is 8.72. The first-order chi connectivity index (χ1) is 17.2. The van der Waals surface area contributed by atoms with Crippen LogP contribution >= 0.6 is 11.3 Å². The number of carbonyl (C=O) groups excluding carboxylic acids is 2. The second-order valence-electron chi connectivity index (χ2n) is 7.93. The van der Waals surface area contributed by atoms with Gasteiger partial charge in [0.2, 0.25) is 5.60 Å². The second kappa shape index (κ2) is 10.4. The normalized spacial score (nSPS) is 18.6. The topological polar surface area (TPSA) is 271 Å². The van der Waals surface area contributed by atoms with Crippen molar-refractivity contribution in [3.8, 4) is 0 Å². The molecule has 1 aliphatic rings. The molecule has 3 rings (SSSR count). The Balaban J connectivity index is 1.87. The van der Waals surface area contributed by atoms with E-state index in [1.54, 1.807) is 0 Å². The highest BCUT2D eigenvalue weighted by Gasteiger charge is 2.54. The molecule has 3 heterocycles. The highest BCUT2D eigenvalue weighted by molar-refractivity contribution is 7.84. The standard InChI is InChI=1S/C17H22N10O8S2/c1-17(2,15(30)31)35-25-11(9-6-36-16(19)22-9)13(28)23-12-10(27(14(12)29)37(32,33)34)5-26-21-4-8(24-26)3-20-7-18/h4,6-7,10,12H,3,5H2,1-2H3,(H2,18,20)(H2,19,22)(H,23,28)(H,30,31)(H,32,33,34)/b25-11-/t10-,12?/m0/s1. The average molecular weight is 559 g/mol. The molecule has 2 aromatic heterocycles. The van der Waals surface area contributed by atoms with Crippen LogP contribution < -0.4 is 16.8 Å². The molecule has 1 aliphatic heterocycles. The summed E-state index contributed by atoms with van der Waals surface area (Å²) in [5, 5.41) is 24.6. The number of nitrogens with one attached hydrogen (secondary N) is 1. The molecule has 0 spiro atoms. The summed E-state index contributed by atoms with van der Waals surface area (Å²) >= 11 is 0.952. The van der Waals surface area contributed by atoms with E-state index in [0.717, 1.165) is 22.5 Å². The Bertz CT molecular complexity index is 1370. The monoisotopic (exact) mass is 558 g/mol. The number of amides is 2. The van der Waals surface area contributed by atoms with E-state index in [4.69, 9.17) is 16.3 Å². The highest BCUT2D eigenvalue weighted by atomic mass is 32.2. The van der Waals surface area contributed by atoms with Crippen molar-refractivity contribution in [3.63, 3.8) is 0 Å². The minimum Gasteiger partial charge on any atom is -0.478 e. The number of nitrogens with zero attached hydrogens (tertiary/aromatic N) is 7. The van der Waals surface area contributed by atoms with Gasteiger partial charge in [0.25, 0.3) is 11.8 Å². The summed E-state index contributed by atoms with van der Waals surface area (Å²) < 4.78 is 33.2. The zero-order valence-electron chi connectivity index (χ0n) is 19.2. The number of carbonyl (C=O) groups is 3. The Hall–Kier alpha value is -4.17. The zero-order valence-corrected chi connectivity index (χ0v) is 20.9. The number of β-lactam (4-membered cyclic amide) rings is 1. The lowest BCUT2D eigenvalue weighted by molar-refractivity contribution is -0.161. The Labute approximate surface area is 212 Å². The lowest BCUT2D eigenvalue weighted by Gasteiger charge is -2.43. The molecule has 1 unspecified atom stereocenters. The van der Waals surface area contributed by atoms with Gasteiger partial charge in [0.05, 0.1) is 25.6 Å². The first-order valence-corrected chi connectivity index (χ1v) is 12.4. The number of hydrogen-bond acceptors (Lipinski definition) is 13. The maximum atomic E-state index is 13.1. The first kappa shape index (κ1) is 27.4. The lowest BCUT2D eigenvalue weighted by Crippen LogP contribution is -2.73. The third-order valence-electron chi connectivity index (χ3n) is 4.86. The molecule has 0 radical (unpaired) electrons. The van der Waals surface area contributed by atoms with Crippen LogP contribution in [0.4, 0.5) is 5.13 Å². The van der Waals surface area contributed by atoms with E-state index >= 15 is 0 Å². The van der Waals surface area contributed by atoms with Crippen LogP contribution in [0, 0.1) is 0 Å².